The molecule has 3 aromatic heterocycles. The van der Waals surface area contributed by atoms with Crippen molar-refractivity contribution in [2.75, 3.05) is 5.32 Å². The van der Waals surface area contributed by atoms with E-state index in [0.717, 1.165) is 22.6 Å². The Morgan fingerprint density at radius 3 is 2.79 bits per heavy atom. The van der Waals surface area contributed by atoms with Gasteiger partial charge in [-0.3, -0.25) is 19.8 Å². The molecule has 4 aromatic rings. The van der Waals surface area contributed by atoms with Gasteiger partial charge in [-0.05, 0) is 36.8 Å². The molecule has 0 spiro atoms. The number of halogens is 1. The number of benzene rings is 1. The Morgan fingerprint density at radius 2 is 2.00 bits per heavy atom. The maximum Gasteiger partial charge on any atom is 0.275 e. The van der Waals surface area contributed by atoms with Gasteiger partial charge in [-0.25, -0.2) is 4.98 Å². The van der Waals surface area contributed by atoms with E-state index in [1.807, 2.05) is 54.8 Å². The molecule has 0 aliphatic heterocycles. The summed E-state index contributed by atoms with van der Waals surface area (Å²) in [5, 5.41) is 10.3. The fourth-order valence-corrected chi connectivity index (χ4v) is 3.66. The van der Waals surface area contributed by atoms with Crippen LogP contribution in [0.5, 0.6) is 0 Å². The first-order chi connectivity index (χ1) is 13.6. The third kappa shape index (κ3) is 3.95. The van der Waals surface area contributed by atoms with Gasteiger partial charge in [-0.15, -0.1) is 11.3 Å². The van der Waals surface area contributed by atoms with Crippen LogP contribution in [0, 0.1) is 6.92 Å². The van der Waals surface area contributed by atoms with Crippen molar-refractivity contribution in [3.63, 3.8) is 0 Å². The van der Waals surface area contributed by atoms with E-state index in [1.54, 1.807) is 16.9 Å². The molecule has 0 bridgehead atoms. The lowest BCUT2D eigenvalue weighted by Crippen LogP contribution is -2.18. The number of nitrogens with zero attached hydrogens (tertiary/aromatic N) is 4. The van der Waals surface area contributed by atoms with Crippen molar-refractivity contribution in [3.05, 3.63) is 82.1 Å². The molecule has 1 aromatic carbocycles. The fraction of sp³-hybridized carbons (Fsp3) is 0.100. The minimum absolute atomic E-state index is 0.269. The highest BCUT2D eigenvalue weighted by molar-refractivity contribution is 7.14. The number of rotatable bonds is 5. The molecule has 3 heterocycles. The zero-order valence-electron chi connectivity index (χ0n) is 15.0. The van der Waals surface area contributed by atoms with E-state index in [1.165, 1.54) is 11.3 Å². The van der Waals surface area contributed by atoms with Gasteiger partial charge in [0.15, 0.2) is 5.13 Å². The van der Waals surface area contributed by atoms with Crippen LogP contribution in [0.25, 0.3) is 11.4 Å². The Bertz CT molecular complexity index is 1120. The van der Waals surface area contributed by atoms with Gasteiger partial charge in [0.25, 0.3) is 5.91 Å². The third-order valence-electron chi connectivity index (χ3n) is 4.06. The van der Waals surface area contributed by atoms with Crippen molar-refractivity contribution in [2.45, 2.75) is 13.5 Å². The zero-order chi connectivity index (χ0) is 19.5. The summed E-state index contributed by atoms with van der Waals surface area (Å²) in [5.74, 6) is -0.269. The normalized spacial score (nSPS) is 10.8. The predicted molar refractivity (Wildman–Crippen MR) is 111 cm³/mol. The summed E-state index contributed by atoms with van der Waals surface area (Å²) in [4.78, 5) is 21.5. The second-order valence-electron chi connectivity index (χ2n) is 6.13. The summed E-state index contributed by atoms with van der Waals surface area (Å²) in [5.41, 5.74) is 3.59. The number of hydrogen-bond acceptors (Lipinski definition) is 5. The number of anilines is 1. The highest BCUT2D eigenvalue weighted by Gasteiger charge is 2.17. The van der Waals surface area contributed by atoms with Crippen molar-refractivity contribution in [2.24, 2.45) is 0 Å². The van der Waals surface area contributed by atoms with E-state index in [0.29, 0.717) is 22.4 Å². The molecule has 4 rings (SSSR count). The molecule has 0 unspecified atom stereocenters. The number of pyridine rings is 1. The summed E-state index contributed by atoms with van der Waals surface area (Å²) >= 11 is 7.60. The van der Waals surface area contributed by atoms with Gasteiger partial charge in [-0.1, -0.05) is 35.9 Å². The summed E-state index contributed by atoms with van der Waals surface area (Å²) < 4.78 is 1.65. The molecule has 1 N–H and O–H groups in total. The lowest BCUT2D eigenvalue weighted by atomic mass is 10.2. The van der Waals surface area contributed by atoms with E-state index in [4.69, 9.17) is 11.6 Å². The van der Waals surface area contributed by atoms with Gasteiger partial charge in [0, 0.05) is 16.6 Å². The average Bonchev–Trinajstić information content (AvgIpc) is 3.31. The number of aromatic nitrogens is 4. The first kappa shape index (κ1) is 18.3. The van der Waals surface area contributed by atoms with Crippen molar-refractivity contribution in [1.82, 2.24) is 19.7 Å². The molecular weight excluding hydrogens is 394 g/mol. The summed E-state index contributed by atoms with van der Waals surface area (Å²) in [7, 11) is 0. The number of nitrogens with one attached hydrogen (secondary N) is 1. The van der Waals surface area contributed by atoms with E-state index >= 15 is 0 Å². The van der Waals surface area contributed by atoms with Crippen LogP contribution in [0.1, 0.15) is 21.7 Å². The van der Waals surface area contributed by atoms with Crippen LogP contribution in [0.4, 0.5) is 5.13 Å². The highest BCUT2D eigenvalue weighted by atomic mass is 35.5. The van der Waals surface area contributed by atoms with Crippen LogP contribution in [0.3, 0.4) is 0 Å². The Kier molecular flexibility index (Phi) is 5.18. The number of hydrogen-bond donors (Lipinski definition) is 1. The quantitative estimate of drug-likeness (QED) is 0.520. The van der Waals surface area contributed by atoms with E-state index < -0.39 is 0 Å². The third-order valence-corrected chi connectivity index (χ3v) is 5.19. The zero-order valence-corrected chi connectivity index (χ0v) is 16.5. The topological polar surface area (TPSA) is 72.7 Å². The van der Waals surface area contributed by atoms with Crippen LogP contribution in [-0.2, 0) is 6.54 Å². The van der Waals surface area contributed by atoms with Crippen LogP contribution >= 0.6 is 22.9 Å². The van der Waals surface area contributed by atoms with Gasteiger partial charge >= 0.3 is 0 Å². The van der Waals surface area contributed by atoms with E-state index in [2.05, 4.69) is 20.4 Å². The van der Waals surface area contributed by atoms with Crippen molar-refractivity contribution in [3.8, 4) is 11.4 Å². The van der Waals surface area contributed by atoms with Gasteiger partial charge < -0.3 is 0 Å². The molecule has 8 heteroatoms. The SMILES string of the molecule is Cc1cc(C(=O)Nc2nc(-c3ccccn3)cs2)n(Cc2ccccc2Cl)n1. The Labute approximate surface area is 170 Å². The fourth-order valence-electron chi connectivity index (χ4n) is 2.76. The molecular formula is C20H16ClN5OS. The smallest absolute Gasteiger partial charge is 0.275 e. The maximum atomic E-state index is 12.8. The monoisotopic (exact) mass is 409 g/mol. The van der Waals surface area contributed by atoms with Crippen molar-refractivity contribution < 1.29 is 4.79 Å². The summed E-state index contributed by atoms with van der Waals surface area (Å²) in [6.07, 6.45) is 1.71. The number of aryl methyl sites for hydroxylation is 1. The molecule has 6 nitrogen and oxygen atoms in total. The molecule has 0 saturated heterocycles. The molecule has 1 amide bonds. The van der Waals surface area contributed by atoms with Crippen LogP contribution < -0.4 is 5.32 Å². The number of thiazole rings is 1. The minimum atomic E-state index is -0.269. The average molecular weight is 410 g/mol. The van der Waals surface area contributed by atoms with Crippen LogP contribution in [-0.4, -0.2) is 25.7 Å². The van der Waals surface area contributed by atoms with Gasteiger partial charge in [0.05, 0.1) is 17.9 Å². The molecule has 0 atom stereocenters. The van der Waals surface area contributed by atoms with Gasteiger partial charge in [0.1, 0.15) is 11.4 Å². The Morgan fingerprint density at radius 1 is 1.18 bits per heavy atom. The van der Waals surface area contributed by atoms with E-state index in [-0.39, 0.29) is 5.91 Å². The molecule has 0 fully saturated rings. The van der Waals surface area contributed by atoms with Crippen molar-refractivity contribution in [1.29, 1.82) is 0 Å². The lowest BCUT2D eigenvalue weighted by Gasteiger charge is -2.08. The lowest BCUT2D eigenvalue weighted by molar-refractivity contribution is 0.101. The second kappa shape index (κ2) is 7.92. The van der Waals surface area contributed by atoms with Gasteiger partial charge in [-0.2, -0.15) is 5.10 Å². The highest BCUT2D eigenvalue weighted by Crippen LogP contribution is 2.24. The molecule has 140 valence electrons. The number of carbonyl (C=O) groups excluding carboxylic acids is 1. The Balaban J connectivity index is 1.54. The Hall–Kier alpha value is -3.03. The first-order valence-electron chi connectivity index (χ1n) is 8.56. The molecule has 0 aliphatic rings. The molecule has 0 saturated carbocycles. The summed E-state index contributed by atoms with van der Waals surface area (Å²) in [6, 6.07) is 14.9. The summed E-state index contributed by atoms with van der Waals surface area (Å²) in [6.45, 7) is 2.26. The second-order valence-corrected chi connectivity index (χ2v) is 7.39. The van der Waals surface area contributed by atoms with Crippen LogP contribution in [0.15, 0.2) is 60.1 Å². The largest absolute Gasteiger partial charge is 0.296 e. The van der Waals surface area contributed by atoms with Crippen LogP contribution in [0.2, 0.25) is 5.02 Å². The molecule has 0 radical (unpaired) electrons. The minimum Gasteiger partial charge on any atom is -0.296 e. The standard InChI is InChI=1S/C20H16ClN5OS/c1-13-10-18(26(25-13)11-14-6-2-3-7-15(14)21)19(27)24-20-23-17(12-28-20)16-8-4-5-9-22-16/h2-10,12H,11H2,1H3,(H,23,24,27). The number of carbonyl (C=O) groups is 1. The molecule has 28 heavy (non-hydrogen) atoms. The molecule has 0 aliphatic carbocycles. The van der Waals surface area contributed by atoms with Crippen molar-refractivity contribution >= 4 is 34.0 Å². The predicted octanol–water partition coefficient (Wildman–Crippen LogP) is 4.66. The maximum absolute atomic E-state index is 12.8. The number of amides is 1. The van der Waals surface area contributed by atoms with E-state index in [9.17, 15) is 4.79 Å². The first-order valence-corrected chi connectivity index (χ1v) is 9.82. The van der Waals surface area contributed by atoms with Gasteiger partial charge in [0.2, 0.25) is 0 Å².